The Bertz CT molecular complexity index is 1150. The molecule has 0 saturated carbocycles. The number of fused-ring (bicyclic) bond motifs is 1. The van der Waals surface area contributed by atoms with Gasteiger partial charge in [0.2, 0.25) is 0 Å². The number of esters is 1. The van der Waals surface area contributed by atoms with Crippen LogP contribution in [0.25, 0.3) is 11.0 Å². The molecule has 1 heterocycles. The first kappa shape index (κ1) is 19.9. The SMILES string of the molecule is CCOC(=O)c1ccc2nc(C)n(Cc3ccc(CCc4ccccc4)cc3)c2c1. The zero-order chi connectivity index (χ0) is 20.9. The summed E-state index contributed by atoms with van der Waals surface area (Å²) in [5.41, 5.74) is 6.30. The highest BCUT2D eigenvalue weighted by atomic mass is 16.5. The maximum Gasteiger partial charge on any atom is 0.338 e. The van der Waals surface area contributed by atoms with Crippen LogP contribution >= 0.6 is 0 Å². The Labute approximate surface area is 177 Å². The number of rotatable bonds is 7. The van der Waals surface area contributed by atoms with Crippen molar-refractivity contribution in [1.82, 2.24) is 9.55 Å². The van der Waals surface area contributed by atoms with Gasteiger partial charge in [-0.05, 0) is 61.6 Å². The van der Waals surface area contributed by atoms with Gasteiger partial charge in [0.25, 0.3) is 0 Å². The molecule has 4 aromatic rings. The molecule has 0 aliphatic carbocycles. The van der Waals surface area contributed by atoms with E-state index in [1.165, 1.54) is 16.7 Å². The number of benzene rings is 3. The van der Waals surface area contributed by atoms with Gasteiger partial charge in [0.15, 0.2) is 0 Å². The van der Waals surface area contributed by atoms with Crippen LogP contribution in [0.2, 0.25) is 0 Å². The average Bonchev–Trinajstić information content (AvgIpc) is 3.08. The average molecular weight is 399 g/mol. The summed E-state index contributed by atoms with van der Waals surface area (Å²) in [5.74, 6) is 0.631. The molecular formula is C26H26N2O2. The van der Waals surface area contributed by atoms with E-state index >= 15 is 0 Å². The number of carbonyl (C=O) groups excluding carboxylic acids is 1. The normalized spacial score (nSPS) is 11.0. The fraction of sp³-hybridized carbons (Fsp3) is 0.231. The van der Waals surface area contributed by atoms with Crippen LogP contribution in [0.1, 0.15) is 39.8 Å². The summed E-state index contributed by atoms with van der Waals surface area (Å²) in [6.07, 6.45) is 2.07. The Morgan fingerprint density at radius 1 is 0.900 bits per heavy atom. The predicted molar refractivity (Wildman–Crippen MR) is 120 cm³/mol. The number of hydrogen-bond donors (Lipinski definition) is 0. The van der Waals surface area contributed by atoms with Crippen molar-refractivity contribution in [1.29, 1.82) is 0 Å². The Kier molecular flexibility index (Phi) is 5.94. The number of hydrogen-bond acceptors (Lipinski definition) is 3. The lowest BCUT2D eigenvalue weighted by molar-refractivity contribution is 0.0526. The number of aryl methyl sites for hydroxylation is 3. The van der Waals surface area contributed by atoms with Gasteiger partial charge in [-0.15, -0.1) is 0 Å². The van der Waals surface area contributed by atoms with Crippen molar-refractivity contribution in [3.63, 3.8) is 0 Å². The van der Waals surface area contributed by atoms with Gasteiger partial charge < -0.3 is 9.30 Å². The van der Waals surface area contributed by atoms with Crippen LogP contribution in [0.4, 0.5) is 0 Å². The molecule has 152 valence electrons. The number of imidazole rings is 1. The topological polar surface area (TPSA) is 44.1 Å². The van der Waals surface area contributed by atoms with Crippen LogP contribution in [0.3, 0.4) is 0 Å². The monoisotopic (exact) mass is 398 g/mol. The maximum atomic E-state index is 12.1. The van der Waals surface area contributed by atoms with E-state index in [1.54, 1.807) is 6.07 Å². The van der Waals surface area contributed by atoms with Crippen LogP contribution in [0.5, 0.6) is 0 Å². The maximum absolute atomic E-state index is 12.1. The highest BCUT2D eigenvalue weighted by Gasteiger charge is 2.13. The summed E-state index contributed by atoms with van der Waals surface area (Å²) in [7, 11) is 0. The van der Waals surface area contributed by atoms with Crippen LogP contribution < -0.4 is 0 Å². The molecule has 4 rings (SSSR count). The molecule has 0 saturated heterocycles. The van der Waals surface area contributed by atoms with Crippen molar-refractivity contribution in [2.24, 2.45) is 0 Å². The highest BCUT2D eigenvalue weighted by molar-refractivity contribution is 5.93. The van der Waals surface area contributed by atoms with Gasteiger partial charge in [-0.2, -0.15) is 0 Å². The number of carbonyl (C=O) groups is 1. The third-order valence-electron chi connectivity index (χ3n) is 5.36. The molecule has 0 fully saturated rings. The van der Waals surface area contributed by atoms with Crippen LogP contribution in [-0.2, 0) is 24.1 Å². The number of ether oxygens (including phenoxy) is 1. The molecule has 0 N–H and O–H groups in total. The zero-order valence-corrected chi connectivity index (χ0v) is 17.5. The summed E-state index contributed by atoms with van der Waals surface area (Å²) in [5, 5.41) is 0. The van der Waals surface area contributed by atoms with E-state index in [9.17, 15) is 4.79 Å². The van der Waals surface area contributed by atoms with Gasteiger partial charge in [0.1, 0.15) is 5.82 Å². The fourth-order valence-corrected chi connectivity index (χ4v) is 3.71. The Morgan fingerprint density at radius 2 is 1.57 bits per heavy atom. The van der Waals surface area contributed by atoms with Gasteiger partial charge >= 0.3 is 5.97 Å². The fourth-order valence-electron chi connectivity index (χ4n) is 3.71. The second kappa shape index (κ2) is 8.95. The second-order valence-corrected chi connectivity index (χ2v) is 7.47. The van der Waals surface area contributed by atoms with E-state index in [-0.39, 0.29) is 5.97 Å². The third-order valence-corrected chi connectivity index (χ3v) is 5.36. The summed E-state index contributed by atoms with van der Waals surface area (Å²) >= 11 is 0. The van der Waals surface area contributed by atoms with Gasteiger partial charge in [-0.25, -0.2) is 9.78 Å². The summed E-state index contributed by atoms with van der Waals surface area (Å²) in [6, 6.07) is 24.9. The van der Waals surface area contributed by atoms with Crippen molar-refractivity contribution >= 4 is 17.0 Å². The van der Waals surface area contributed by atoms with Crippen molar-refractivity contribution in [3.8, 4) is 0 Å². The lowest BCUT2D eigenvalue weighted by atomic mass is 10.0. The molecule has 4 nitrogen and oxygen atoms in total. The van der Waals surface area contributed by atoms with Gasteiger partial charge in [0.05, 0.1) is 23.2 Å². The molecule has 4 heteroatoms. The van der Waals surface area contributed by atoms with E-state index in [4.69, 9.17) is 4.74 Å². The molecule has 1 aromatic heterocycles. The molecule has 3 aromatic carbocycles. The van der Waals surface area contributed by atoms with E-state index < -0.39 is 0 Å². The minimum absolute atomic E-state index is 0.299. The van der Waals surface area contributed by atoms with Crippen LogP contribution in [0.15, 0.2) is 72.8 Å². The standard InChI is InChI=1S/C26H26N2O2/c1-3-30-26(29)23-15-16-24-25(17-23)28(19(2)27-24)18-22-13-11-21(12-14-22)10-9-20-7-5-4-6-8-20/h4-8,11-17H,3,9-10,18H2,1-2H3. The van der Waals surface area contributed by atoms with Gasteiger partial charge in [0, 0.05) is 6.54 Å². The first-order valence-electron chi connectivity index (χ1n) is 10.4. The summed E-state index contributed by atoms with van der Waals surface area (Å²) in [6.45, 7) is 4.89. The Balaban J connectivity index is 1.51. The molecule has 0 radical (unpaired) electrons. The molecule has 0 spiro atoms. The van der Waals surface area contributed by atoms with Crippen molar-refractivity contribution in [2.45, 2.75) is 33.2 Å². The third kappa shape index (κ3) is 4.43. The minimum atomic E-state index is -0.299. The molecule has 0 atom stereocenters. The molecule has 0 amide bonds. The summed E-state index contributed by atoms with van der Waals surface area (Å²) in [4.78, 5) is 16.8. The van der Waals surface area contributed by atoms with E-state index in [1.807, 2.05) is 26.0 Å². The molecular weight excluding hydrogens is 372 g/mol. The Morgan fingerprint density at radius 3 is 2.27 bits per heavy atom. The zero-order valence-electron chi connectivity index (χ0n) is 17.5. The molecule has 0 aliphatic heterocycles. The molecule has 0 aliphatic rings. The quantitative estimate of drug-likeness (QED) is 0.394. The van der Waals surface area contributed by atoms with Gasteiger partial charge in [-0.1, -0.05) is 54.6 Å². The van der Waals surface area contributed by atoms with E-state index in [0.29, 0.717) is 18.7 Å². The first-order chi connectivity index (χ1) is 14.6. The van der Waals surface area contributed by atoms with Gasteiger partial charge in [-0.3, -0.25) is 0 Å². The number of aromatic nitrogens is 2. The predicted octanol–water partition coefficient (Wildman–Crippen LogP) is 5.35. The molecule has 30 heavy (non-hydrogen) atoms. The minimum Gasteiger partial charge on any atom is -0.462 e. The molecule has 0 bridgehead atoms. The lowest BCUT2D eigenvalue weighted by Crippen LogP contribution is -2.06. The second-order valence-electron chi connectivity index (χ2n) is 7.47. The lowest BCUT2D eigenvalue weighted by Gasteiger charge is -2.09. The smallest absolute Gasteiger partial charge is 0.338 e. The largest absolute Gasteiger partial charge is 0.462 e. The van der Waals surface area contributed by atoms with Crippen molar-refractivity contribution in [2.75, 3.05) is 6.61 Å². The first-order valence-corrected chi connectivity index (χ1v) is 10.4. The Hall–Kier alpha value is -3.40. The van der Waals surface area contributed by atoms with Crippen molar-refractivity contribution in [3.05, 3.63) is 101 Å². The molecule has 0 unspecified atom stereocenters. The summed E-state index contributed by atoms with van der Waals surface area (Å²) < 4.78 is 7.29. The van der Waals surface area contributed by atoms with E-state index in [0.717, 1.165) is 29.7 Å². The van der Waals surface area contributed by atoms with E-state index in [2.05, 4.69) is 64.1 Å². The highest BCUT2D eigenvalue weighted by Crippen LogP contribution is 2.20. The number of nitrogens with zero attached hydrogens (tertiary/aromatic N) is 2. The van der Waals surface area contributed by atoms with Crippen molar-refractivity contribution < 1.29 is 9.53 Å². The van der Waals surface area contributed by atoms with Crippen LogP contribution in [-0.4, -0.2) is 22.1 Å². The van der Waals surface area contributed by atoms with Crippen LogP contribution in [0, 0.1) is 6.92 Å².